The van der Waals surface area contributed by atoms with E-state index in [0.29, 0.717) is 12.5 Å². The molecule has 1 saturated heterocycles. The van der Waals surface area contributed by atoms with Crippen LogP contribution in [-0.2, 0) is 11.8 Å². The van der Waals surface area contributed by atoms with Crippen LogP contribution < -0.4 is 10.6 Å². The Balaban J connectivity index is 1.48. The topological polar surface area (TPSA) is 57.8 Å². The van der Waals surface area contributed by atoms with E-state index in [2.05, 4.69) is 40.9 Å². The van der Waals surface area contributed by atoms with Gasteiger partial charge in [-0.1, -0.05) is 20.8 Å². The second-order valence-corrected chi connectivity index (χ2v) is 8.69. The smallest absolute Gasteiger partial charge is 0.191 e. The van der Waals surface area contributed by atoms with E-state index in [1.54, 1.807) is 11.3 Å². The molecule has 146 valence electrons. The van der Waals surface area contributed by atoms with Gasteiger partial charge in [0.05, 0.1) is 10.7 Å². The fourth-order valence-corrected chi connectivity index (χ4v) is 3.94. The number of thiazole rings is 1. The van der Waals surface area contributed by atoms with Gasteiger partial charge in [0.15, 0.2) is 5.96 Å². The first-order chi connectivity index (χ1) is 12.8. The molecular formula is C20H28FN5S. The van der Waals surface area contributed by atoms with E-state index in [1.165, 1.54) is 12.1 Å². The molecule has 1 aromatic carbocycles. The third-order valence-electron chi connectivity index (χ3n) is 4.63. The molecule has 7 heteroatoms. The molecule has 27 heavy (non-hydrogen) atoms. The molecule has 0 unspecified atom stereocenters. The molecule has 2 heterocycles. The summed E-state index contributed by atoms with van der Waals surface area (Å²) in [5, 5.41) is 3.28. The van der Waals surface area contributed by atoms with E-state index in [-0.39, 0.29) is 11.2 Å². The number of hydrogen-bond donors (Lipinski definition) is 1. The zero-order valence-corrected chi connectivity index (χ0v) is 17.1. The second-order valence-electron chi connectivity index (χ2n) is 7.83. The molecule has 0 bridgehead atoms. The maximum Gasteiger partial charge on any atom is 0.191 e. The highest BCUT2D eigenvalue weighted by Crippen LogP contribution is 2.25. The minimum Gasteiger partial charge on any atom is -0.370 e. The van der Waals surface area contributed by atoms with Gasteiger partial charge in [-0.15, -0.1) is 11.3 Å². The molecule has 0 saturated carbocycles. The minimum atomic E-state index is -0.205. The van der Waals surface area contributed by atoms with E-state index in [1.807, 2.05) is 12.1 Å². The van der Waals surface area contributed by atoms with Gasteiger partial charge in [-0.05, 0) is 24.3 Å². The summed E-state index contributed by atoms with van der Waals surface area (Å²) in [6, 6.07) is 6.65. The molecule has 5 nitrogen and oxygen atoms in total. The van der Waals surface area contributed by atoms with E-state index >= 15 is 0 Å². The maximum absolute atomic E-state index is 13.1. The Morgan fingerprint density at radius 1 is 1.19 bits per heavy atom. The summed E-state index contributed by atoms with van der Waals surface area (Å²) in [4.78, 5) is 13.6. The fourth-order valence-electron chi connectivity index (χ4n) is 3.00. The number of anilines is 1. The van der Waals surface area contributed by atoms with Gasteiger partial charge in [-0.2, -0.15) is 0 Å². The summed E-state index contributed by atoms with van der Waals surface area (Å²) in [6.07, 6.45) is 0.808. The third kappa shape index (κ3) is 5.19. The Hall–Kier alpha value is -2.15. The van der Waals surface area contributed by atoms with Crippen LogP contribution in [0.1, 0.15) is 31.5 Å². The quantitative estimate of drug-likeness (QED) is 0.644. The molecule has 1 aliphatic heterocycles. The van der Waals surface area contributed by atoms with Crippen molar-refractivity contribution < 1.29 is 4.39 Å². The van der Waals surface area contributed by atoms with Gasteiger partial charge in [0, 0.05) is 55.6 Å². The Bertz CT molecular complexity index is 770. The molecule has 0 aliphatic carbocycles. The summed E-state index contributed by atoms with van der Waals surface area (Å²) in [6.45, 7) is 10.5. The molecule has 0 atom stereocenters. The maximum atomic E-state index is 13.1. The molecule has 2 aromatic rings. The highest BCUT2D eigenvalue weighted by Gasteiger charge is 2.19. The van der Waals surface area contributed by atoms with Crippen molar-refractivity contribution in [3.8, 4) is 0 Å². The SMILES string of the molecule is CC(C)(C)c1nc(CCN=C(N)N2CCN(c3ccc(F)cc3)CC2)cs1. The largest absolute Gasteiger partial charge is 0.370 e. The van der Waals surface area contributed by atoms with Crippen LogP contribution in [0.25, 0.3) is 0 Å². The van der Waals surface area contributed by atoms with E-state index in [0.717, 1.165) is 49.0 Å². The first kappa shape index (κ1) is 19.6. The Labute approximate surface area is 164 Å². The minimum absolute atomic E-state index is 0.0927. The number of halogens is 1. The number of piperazine rings is 1. The van der Waals surface area contributed by atoms with Crippen molar-refractivity contribution in [1.29, 1.82) is 0 Å². The van der Waals surface area contributed by atoms with Crippen molar-refractivity contribution >= 4 is 23.0 Å². The first-order valence-corrected chi connectivity index (χ1v) is 10.2. The first-order valence-electron chi connectivity index (χ1n) is 9.33. The molecular weight excluding hydrogens is 361 g/mol. The van der Waals surface area contributed by atoms with Crippen LogP contribution in [0.5, 0.6) is 0 Å². The lowest BCUT2D eigenvalue weighted by atomic mass is 9.98. The van der Waals surface area contributed by atoms with Gasteiger partial charge < -0.3 is 15.5 Å². The number of aromatic nitrogens is 1. The van der Waals surface area contributed by atoms with Crippen molar-refractivity contribution in [2.45, 2.75) is 32.6 Å². The molecule has 1 aliphatic rings. The van der Waals surface area contributed by atoms with Crippen LogP contribution in [0.15, 0.2) is 34.6 Å². The monoisotopic (exact) mass is 389 g/mol. The standard InChI is InChI=1S/C20H28FN5S/c1-20(2,3)18-24-16(14-27-18)8-9-23-19(22)26-12-10-25(11-13-26)17-6-4-15(21)5-7-17/h4-7,14H,8-13H2,1-3H3,(H2,22,23). The molecule has 0 amide bonds. The van der Waals surface area contributed by atoms with Crippen LogP contribution >= 0.6 is 11.3 Å². The summed E-state index contributed by atoms with van der Waals surface area (Å²) in [7, 11) is 0. The molecule has 2 N–H and O–H groups in total. The average molecular weight is 390 g/mol. The van der Waals surface area contributed by atoms with E-state index in [4.69, 9.17) is 10.7 Å². The van der Waals surface area contributed by atoms with Crippen LogP contribution in [0.3, 0.4) is 0 Å². The van der Waals surface area contributed by atoms with Gasteiger partial charge in [-0.25, -0.2) is 9.37 Å². The number of benzene rings is 1. The van der Waals surface area contributed by atoms with Crippen molar-refractivity contribution in [3.05, 3.63) is 46.2 Å². The normalized spacial score (nSPS) is 16.1. The average Bonchev–Trinajstić information content (AvgIpc) is 3.12. The molecule has 0 spiro atoms. The summed E-state index contributed by atoms with van der Waals surface area (Å²) in [5.74, 6) is 0.392. The third-order valence-corrected chi connectivity index (χ3v) is 5.95. The Morgan fingerprint density at radius 3 is 2.44 bits per heavy atom. The van der Waals surface area contributed by atoms with E-state index in [9.17, 15) is 4.39 Å². The fraction of sp³-hybridized carbons (Fsp3) is 0.500. The predicted molar refractivity (Wildman–Crippen MR) is 111 cm³/mol. The van der Waals surface area contributed by atoms with Crippen molar-refractivity contribution in [3.63, 3.8) is 0 Å². The van der Waals surface area contributed by atoms with Crippen LogP contribution in [0.2, 0.25) is 0 Å². The Kier molecular flexibility index (Phi) is 5.99. The number of nitrogens with zero attached hydrogens (tertiary/aromatic N) is 4. The van der Waals surface area contributed by atoms with Gasteiger partial charge >= 0.3 is 0 Å². The zero-order valence-electron chi connectivity index (χ0n) is 16.3. The molecule has 1 aromatic heterocycles. The lowest BCUT2D eigenvalue weighted by molar-refractivity contribution is 0.381. The lowest BCUT2D eigenvalue weighted by Gasteiger charge is -2.36. The number of guanidine groups is 1. The van der Waals surface area contributed by atoms with Crippen molar-refractivity contribution in [2.24, 2.45) is 10.7 Å². The highest BCUT2D eigenvalue weighted by atomic mass is 32.1. The van der Waals surface area contributed by atoms with E-state index < -0.39 is 0 Å². The van der Waals surface area contributed by atoms with Crippen LogP contribution in [0.4, 0.5) is 10.1 Å². The predicted octanol–water partition coefficient (Wildman–Crippen LogP) is 3.26. The highest BCUT2D eigenvalue weighted by molar-refractivity contribution is 7.09. The zero-order chi connectivity index (χ0) is 19.4. The lowest BCUT2D eigenvalue weighted by Crippen LogP contribution is -2.51. The van der Waals surface area contributed by atoms with Gasteiger partial charge in [0.1, 0.15) is 5.82 Å². The Morgan fingerprint density at radius 2 is 1.85 bits per heavy atom. The molecule has 3 rings (SSSR count). The number of hydrogen-bond acceptors (Lipinski definition) is 4. The van der Waals surface area contributed by atoms with Gasteiger partial charge in [-0.3, -0.25) is 4.99 Å². The number of nitrogens with two attached hydrogens (primary N) is 1. The van der Waals surface area contributed by atoms with Crippen LogP contribution in [-0.4, -0.2) is 48.6 Å². The second kappa shape index (κ2) is 8.25. The van der Waals surface area contributed by atoms with Gasteiger partial charge in [0.25, 0.3) is 0 Å². The summed E-state index contributed by atoms with van der Waals surface area (Å²) < 4.78 is 13.1. The summed E-state index contributed by atoms with van der Waals surface area (Å²) >= 11 is 1.71. The molecule has 0 radical (unpaired) electrons. The van der Waals surface area contributed by atoms with Gasteiger partial charge in [0.2, 0.25) is 0 Å². The summed E-state index contributed by atoms with van der Waals surface area (Å²) in [5.41, 5.74) is 8.41. The van der Waals surface area contributed by atoms with Crippen molar-refractivity contribution in [1.82, 2.24) is 9.88 Å². The van der Waals surface area contributed by atoms with Crippen molar-refractivity contribution in [2.75, 3.05) is 37.6 Å². The number of aliphatic imine (C=N–C) groups is 1. The molecule has 1 fully saturated rings. The van der Waals surface area contributed by atoms with Crippen LogP contribution in [0, 0.1) is 5.82 Å². The number of rotatable bonds is 4.